The summed E-state index contributed by atoms with van der Waals surface area (Å²) in [5, 5.41) is 0.741. The summed E-state index contributed by atoms with van der Waals surface area (Å²) >= 11 is 6.10. The molecule has 2 unspecified atom stereocenters. The molecule has 1 saturated heterocycles. The van der Waals surface area contributed by atoms with Gasteiger partial charge in [0.1, 0.15) is 0 Å². The lowest BCUT2D eigenvalue weighted by molar-refractivity contribution is -0.129. The number of rotatable bonds is 4. The minimum Gasteiger partial charge on any atom is -0.332 e. The smallest absolute Gasteiger partial charge is 0.250 e. The molecular formula is C19H23ClN2O. The van der Waals surface area contributed by atoms with Crippen LogP contribution in [0.3, 0.4) is 0 Å². The number of nitrogens with zero attached hydrogens (tertiary/aromatic N) is 2. The molecule has 23 heavy (non-hydrogen) atoms. The third-order valence-electron chi connectivity index (χ3n) is 5.25. The molecule has 2 heterocycles. The van der Waals surface area contributed by atoms with E-state index in [4.69, 9.17) is 11.6 Å². The van der Waals surface area contributed by atoms with Crippen molar-refractivity contribution in [2.75, 3.05) is 19.6 Å². The third kappa shape index (κ3) is 3.31. The summed E-state index contributed by atoms with van der Waals surface area (Å²) in [5.74, 6) is 0.699. The van der Waals surface area contributed by atoms with Gasteiger partial charge < -0.3 is 4.90 Å². The van der Waals surface area contributed by atoms with Gasteiger partial charge in [0.2, 0.25) is 5.91 Å². The van der Waals surface area contributed by atoms with Crippen LogP contribution in [0.2, 0.25) is 5.02 Å². The molecular weight excluding hydrogens is 308 g/mol. The third-order valence-corrected chi connectivity index (χ3v) is 5.49. The fraction of sp³-hybridized carbons (Fsp3) is 0.526. The normalized spacial score (nSPS) is 26.6. The lowest BCUT2D eigenvalue weighted by atomic mass is 9.86. The van der Waals surface area contributed by atoms with Crippen molar-refractivity contribution in [3.63, 3.8) is 0 Å². The van der Waals surface area contributed by atoms with Crippen LogP contribution in [0.1, 0.15) is 31.2 Å². The maximum absolute atomic E-state index is 13.2. The van der Waals surface area contributed by atoms with E-state index in [-0.39, 0.29) is 5.91 Å². The van der Waals surface area contributed by atoms with Crippen molar-refractivity contribution in [3.05, 3.63) is 46.5 Å². The molecule has 4 rings (SSSR count). The molecule has 2 fully saturated rings. The Bertz CT molecular complexity index is 638. The van der Waals surface area contributed by atoms with E-state index in [9.17, 15) is 4.79 Å². The van der Waals surface area contributed by atoms with E-state index in [1.165, 1.54) is 13.0 Å². The van der Waals surface area contributed by atoms with Crippen molar-refractivity contribution in [2.24, 2.45) is 5.92 Å². The number of fused-ring (bicyclic) bond motifs is 2. The first-order valence-corrected chi connectivity index (χ1v) is 9.06. The fourth-order valence-electron chi connectivity index (χ4n) is 3.88. The zero-order valence-corrected chi connectivity index (χ0v) is 14.1. The Labute approximate surface area is 142 Å². The molecule has 0 radical (unpaired) electrons. The van der Waals surface area contributed by atoms with Crippen molar-refractivity contribution in [2.45, 2.75) is 38.3 Å². The molecule has 0 N–H and O–H groups in total. The standard InChI is InChI=1S/C19H23ClN2O/c20-16-5-1-3-14(11-16)12-22(17-6-7-17)19(23)18-8-10-21-9-2-4-15(18)13-21/h1,3,5,8,11,15,17H,2,4,6-7,9-10,12-13H2. The van der Waals surface area contributed by atoms with Crippen LogP contribution >= 0.6 is 11.6 Å². The first kappa shape index (κ1) is 15.2. The van der Waals surface area contributed by atoms with Crippen LogP contribution in [0, 0.1) is 5.92 Å². The maximum atomic E-state index is 13.2. The van der Waals surface area contributed by atoms with Crippen molar-refractivity contribution in [1.82, 2.24) is 9.80 Å². The SMILES string of the molecule is O=C(C1=CCN2CCCC1C2)N(Cc1cccc(Cl)c1)C1CC1. The van der Waals surface area contributed by atoms with E-state index in [1.54, 1.807) is 0 Å². The molecule has 3 nitrogen and oxygen atoms in total. The van der Waals surface area contributed by atoms with Gasteiger partial charge in [-0.05, 0) is 49.9 Å². The predicted octanol–water partition coefficient (Wildman–Crippen LogP) is 3.48. The first-order valence-electron chi connectivity index (χ1n) is 8.68. The van der Waals surface area contributed by atoms with Crippen LogP contribution in [0.15, 0.2) is 35.9 Å². The number of halogens is 1. The van der Waals surface area contributed by atoms with Gasteiger partial charge in [-0.2, -0.15) is 0 Å². The summed E-state index contributed by atoms with van der Waals surface area (Å²) in [6.45, 7) is 3.86. The number of hydrogen-bond acceptors (Lipinski definition) is 2. The Hall–Kier alpha value is -1.32. The van der Waals surface area contributed by atoms with Gasteiger partial charge in [0.05, 0.1) is 0 Å². The summed E-state index contributed by atoms with van der Waals surface area (Å²) in [7, 11) is 0. The second kappa shape index (κ2) is 6.29. The van der Waals surface area contributed by atoms with Crippen LogP contribution in [0.25, 0.3) is 0 Å². The molecule has 2 aliphatic heterocycles. The Balaban J connectivity index is 1.54. The largest absolute Gasteiger partial charge is 0.332 e. The minimum absolute atomic E-state index is 0.263. The highest BCUT2D eigenvalue weighted by molar-refractivity contribution is 6.30. The highest BCUT2D eigenvalue weighted by atomic mass is 35.5. The van der Waals surface area contributed by atoms with Crippen molar-refractivity contribution in [3.8, 4) is 0 Å². The molecule has 1 aliphatic carbocycles. The van der Waals surface area contributed by atoms with Gasteiger partial charge >= 0.3 is 0 Å². The topological polar surface area (TPSA) is 23.6 Å². The monoisotopic (exact) mass is 330 g/mol. The van der Waals surface area contributed by atoms with E-state index in [0.29, 0.717) is 18.5 Å². The van der Waals surface area contributed by atoms with Gasteiger partial charge in [-0.1, -0.05) is 29.8 Å². The summed E-state index contributed by atoms with van der Waals surface area (Å²) in [6.07, 6.45) is 6.83. The van der Waals surface area contributed by atoms with Gasteiger partial charge in [0.15, 0.2) is 0 Å². The Kier molecular flexibility index (Phi) is 4.16. The molecule has 1 amide bonds. The van der Waals surface area contributed by atoms with Crippen LogP contribution in [-0.2, 0) is 11.3 Å². The zero-order valence-electron chi connectivity index (χ0n) is 13.4. The summed E-state index contributed by atoms with van der Waals surface area (Å²) in [4.78, 5) is 17.7. The number of benzene rings is 1. The summed E-state index contributed by atoms with van der Waals surface area (Å²) in [6, 6.07) is 8.30. The summed E-state index contributed by atoms with van der Waals surface area (Å²) in [5.41, 5.74) is 2.19. The average Bonchev–Trinajstić information content (AvgIpc) is 3.37. The van der Waals surface area contributed by atoms with Gasteiger partial charge in [0.25, 0.3) is 0 Å². The van der Waals surface area contributed by atoms with Crippen molar-refractivity contribution in [1.29, 1.82) is 0 Å². The zero-order chi connectivity index (χ0) is 15.8. The van der Waals surface area contributed by atoms with Crippen LogP contribution in [0.4, 0.5) is 0 Å². The molecule has 1 saturated carbocycles. The number of hydrogen-bond donors (Lipinski definition) is 0. The quantitative estimate of drug-likeness (QED) is 0.843. The van der Waals surface area contributed by atoms with Gasteiger partial charge in [-0.25, -0.2) is 0 Å². The fourth-order valence-corrected chi connectivity index (χ4v) is 4.09. The molecule has 3 aliphatic rings. The number of amides is 1. The predicted molar refractivity (Wildman–Crippen MR) is 92.3 cm³/mol. The summed E-state index contributed by atoms with van der Waals surface area (Å²) < 4.78 is 0. The van der Waals surface area contributed by atoms with E-state index in [0.717, 1.165) is 48.5 Å². The molecule has 1 aromatic carbocycles. The second-order valence-electron chi connectivity index (χ2n) is 7.05. The van der Waals surface area contributed by atoms with E-state index >= 15 is 0 Å². The van der Waals surface area contributed by atoms with Crippen LogP contribution in [0.5, 0.6) is 0 Å². The van der Waals surface area contributed by atoms with Crippen molar-refractivity contribution >= 4 is 17.5 Å². The molecule has 4 heteroatoms. The van der Waals surface area contributed by atoms with Gasteiger partial charge in [-0.3, -0.25) is 9.69 Å². The van der Waals surface area contributed by atoms with Crippen LogP contribution in [-0.4, -0.2) is 41.4 Å². The maximum Gasteiger partial charge on any atom is 0.250 e. The van der Waals surface area contributed by atoms with Crippen molar-refractivity contribution < 1.29 is 4.79 Å². The highest BCUT2D eigenvalue weighted by Gasteiger charge is 2.37. The lowest BCUT2D eigenvalue weighted by Crippen LogP contribution is -2.44. The number of piperidine rings is 1. The Morgan fingerprint density at radius 2 is 2.17 bits per heavy atom. The number of carbonyl (C=O) groups is 1. The molecule has 122 valence electrons. The van der Waals surface area contributed by atoms with Gasteiger partial charge in [0, 0.05) is 42.2 Å². The Morgan fingerprint density at radius 1 is 1.30 bits per heavy atom. The average molecular weight is 331 g/mol. The minimum atomic E-state index is 0.263. The Morgan fingerprint density at radius 3 is 2.96 bits per heavy atom. The first-order chi connectivity index (χ1) is 11.2. The molecule has 2 atom stereocenters. The number of carbonyl (C=O) groups excluding carboxylic acids is 1. The van der Waals surface area contributed by atoms with E-state index in [1.807, 2.05) is 18.2 Å². The second-order valence-corrected chi connectivity index (χ2v) is 7.49. The molecule has 2 bridgehead atoms. The van der Waals surface area contributed by atoms with Gasteiger partial charge in [-0.15, -0.1) is 0 Å². The highest BCUT2D eigenvalue weighted by Crippen LogP contribution is 2.34. The van der Waals surface area contributed by atoms with E-state index < -0.39 is 0 Å². The molecule has 1 aromatic rings. The molecule has 0 spiro atoms. The molecule has 0 aromatic heterocycles. The van der Waals surface area contributed by atoms with Crippen LogP contribution < -0.4 is 0 Å². The van der Waals surface area contributed by atoms with E-state index in [2.05, 4.69) is 21.9 Å². The lowest BCUT2D eigenvalue weighted by Gasteiger charge is -2.38.